The van der Waals surface area contributed by atoms with Gasteiger partial charge in [0.2, 0.25) is 0 Å². The van der Waals surface area contributed by atoms with E-state index in [0.717, 1.165) is 29.4 Å². The second-order valence-corrected chi connectivity index (χ2v) is 5.64. The summed E-state index contributed by atoms with van der Waals surface area (Å²) >= 11 is 1.74. The average molecular weight is 292 g/mol. The Bertz CT molecular complexity index is 531. The fourth-order valence-electron chi connectivity index (χ4n) is 2.02. The van der Waals surface area contributed by atoms with Crippen LogP contribution in [0.2, 0.25) is 0 Å². The summed E-state index contributed by atoms with van der Waals surface area (Å²) in [5.41, 5.74) is 2.24. The van der Waals surface area contributed by atoms with E-state index in [1.165, 1.54) is 10.4 Å². The summed E-state index contributed by atoms with van der Waals surface area (Å²) in [7, 11) is 5.33. The van der Waals surface area contributed by atoms with E-state index in [0.29, 0.717) is 6.61 Å². The van der Waals surface area contributed by atoms with Gasteiger partial charge in [-0.25, -0.2) is 4.98 Å². The minimum atomic E-state index is 0.561. The summed E-state index contributed by atoms with van der Waals surface area (Å²) in [5, 5.41) is 4.28. The number of hydrogen-bond acceptors (Lipinski definition) is 5. The van der Waals surface area contributed by atoms with E-state index < -0.39 is 0 Å². The van der Waals surface area contributed by atoms with E-state index in [1.54, 1.807) is 25.6 Å². The maximum absolute atomic E-state index is 5.25. The zero-order valence-corrected chi connectivity index (χ0v) is 12.9. The summed E-state index contributed by atoms with van der Waals surface area (Å²) < 4.78 is 10.5. The van der Waals surface area contributed by atoms with Crippen molar-refractivity contribution >= 4 is 11.3 Å². The third-order valence-electron chi connectivity index (χ3n) is 2.93. The minimum Gasteiger partial charge on any atom is -0.497 e. The molecule has 0 saturated heterocycles. The van der Waals surface area contributed by atoms with Crippen molar-refractivity contribution in [3.05, 3.63) is 45.4 Å². The van der Waals surface area contributed by atoms with E-state index in [-0.39, 0.29) is 0 Å². The van der Waals surface area contributed by atoms with E-state index in [2.05, 4.69) is 22.4 Å². The molecular formula is C15H20N2O2S. The van der Waals surface area contributed by atoms with Crippen molar-refractivity contribution in [1.82, 2.24) is 10.3 Å². The van der Waals surface area contributed by atoms with Crippen LogP contribution in [0, 0.1) is 0 Å². The Hall–Kier alpha value is -1.43. The highest BCUT2D eigenvalue weighted by molar-refractivity contribution is 7.11. The molecule has 1 aromatic heterocycles. The van der Waals surface area contributed by atoms with Crippen molar-refractivity contribution in [3.8, 4) is 5.75 Å². The van der Waals surface area contributed by atoms with Crippen molar-refractivity contribution in [2.24, 2.45) is 0 Å². The predicted molar refractivity (Wildman–Crippen MR) is 81.4 cm³/mol. The van der Waals surface area contributed by atoms with Gasteiger partial charge in [-0.3, -0.25) is 0 Å². The highest BCUT2D eigenvalue weighted by Crippen LogP contribution is 2.23. The fraction of sp³-hybridized carbons (Fsp3) is 0.400. The van der Waals surface area contributed by atoms with E-state index in [4.69, 9.17) is 9.47 Å². The maximum Gasteiger partial charge on any atom is 0.119 e. The van der Waals surface area contributed by atoms with Crippen LogP contribution in [0.15, 0.2) is 24.3 Å². The maximum atomic E-state index is 5.25. The van der Waals surface area contributed by atoms with Gasteiger partial charge < -0.3 is 14.8 Å². The number of methoxy groups -OCH3 is 2. The molecule has 0 saturated carbocycles. The van der Waals surface area contributed by atoms with Gasteiger partial charge in [0.15, 0.2) is 0 Å². The number of aromatic nitrogens is 1. The average Bonchev–Trinajstić information content (AvgIpc) is 2.82. The van der Waals surface area contributed by atoms with Crippen molar-refractivity contribution in [2.45, 2.75) is 19.6 Å². The van der Waals surface area contributed by atoms with Gasteiger partial charge in [0.1, 0.15) is 5.75 Å². The first-order valence-electron chi connectivity index (χ1n) is 6.50. The molecule has 5 heteroatoms. The summed E-state index contributed by atoms with van der Waals surface area (Å²) in [4.78, 5) is 5.92. The van der Waals surface area contributed by atoms with Crippen LogP contribution in [0.5, 0.6) is 5.75 Å². The van der Waals surface area contributed by atoms with Gasteiger partial charge >= 0.3 is 0 Å². The monoisotopic (exact) mass is 292 g/mol. The third kappa shape index (κ3) is 3.79. The lowest BCUT2D eigenvalue weighted by atomic mass is 10.1. The summed E-state index contributed by atoms with van der Waals surface area (Å²) in [6.45, 7) is 1.39. The summed E-state index contributed by atoms with van der Waals surface area (Å²) in [6.07, 6.45) is 0.822. The second kappa shape index (κ2) is 7.38. The number of nitrogens with one attached hydrogen (secondary N) is 1. The SMILES string of the molecule is CNCc1sc(Cc2cccc(OC)c2)nc1COC. The Morgan fingerprint density at radius 3 is 2.85 bits per heavy atom. The first-order chi connectivity index (χ1) is 9.76. The lowest BCUT2D eigenvalue weighted by Crippen LogP contribution is -2.06. The van der Waals surface area contributed by atoms with Crippen LogP contribution in [0.3, 0.4) is 0 Å². The molecule has 0 atom stereocenters. The Morgan fingerprint density at radius 1 is 1.30 bits per heavy atom. The van der Waals surface area contributed by atoms with Crippen LogP contribution in [0.1, 0.15) is 21.1 Å². The fourth-order valence-corrected chi connectivity index (χ4v) is 3.14. The molecule has 0 aliphatic rings. The normalized spacial score (nSPS) is 10.8. The van der Waals surface area contributed by atoms with Crippen LogP contribution in [-0.2, 0) is 24.3 Å². The molecular weight excluding hydrogens is 272 g/mol. The van der Waals surface area contributed by atoms with Crippen molar-refractivity contribution < 1.29 is 9.47 Å². The van der Waals surface area contributed by atoms with Gasteiger partial charge in [-0.1, -0.05) is 12.1 Å². The zero-order chi connectivity index (χ0) is 14.4. The predicted octanol–water partition coefficient (Wildman–Crippen LogP) is 2.61. The molecule has 1 N–H and O–H groups in total. The van der Waals surface area contributed by atoms with Gasteiger partial charge in [0, 0.05) is 25.0 Å². The third-order valence-corrected chi connectivity index (χ3v) is 4.03. The first-order valence-corrected chi connectivity index (χ1v) is 7.32. The minimum absolute atomic E-state index is 0.561. The molecule has 0 aliphatic heterocycles. The first kappa shape index (κ1) is 15.0. The molecule has 0 spiro atoms. The highest BCUT2D eigenvalue weighted by atomic mass is 32.1. The van der Waals surface area contributed by atoms with Gasteiger partial charge in [-0.2, -0.15) is 0 Å². The van der Waals surface area contributed by atoms with Gasteiger partial charge in [-0.05, 0) is 24.7 Å². The van der Waals surface area contributed by atoms with E-state index in [9.17, 15) is 0 Å². The lowest BCUT2D eigenvalue weighted by molar-refractivity contribution is 0.181. The Kier molecular flexibility index (Phi) is 5.52. The van der Waals surface area contributed by atoms with Crippen LogP contribution in [-0.4, -0.2) is 26.3 Å². The Balaban J connectivity index is 2.17. The van der Waals surface area contributed by atoms with Crippen LogP contribution >= 0.6 is 11.3 Å². The van der Waals surface area contributed by atoms with E-state index in [1.807, 2.05) is 19.2 Å². The van der Waals surface area contributed by atoms with Crippen molar-refractivity contribution in [2.75, 3.05) is 21.3 Å². The number of ether oxygens (including phenoxy) is 2. The number of benzene rings is 1. The van der Waals surface area contributed by atoms with Crippen molar-refractivity contribution in [1.29, 1.82) is 0 Å². The summed E-state index contributed by atoms with van der Waals surface area (Å²) in [5.74, 6) is 0.881. The quantitative estimate of drug-likeness (QED) is 0.852. The molecule has 0 radical (unpaired) electrons. The molecule has 0 aliphatic carbocycles. The summed E-state index contributed by atoms with van der Waals surface area (Å²) in [6, 6.07) is 8.10. The molecule has 1 aromatic carbocycles. The second-order valence-electron chi connectivity index (χ2n) is 4.47. The molecule has 0 unspecified atom stereocenters. The van der Waals surface area contributed by atoms with Crippen molar-refractivity contribution in [3.63, 3.8) is 0 Å². The molecule has 0 bridgehead atoms. The molecule has 0 amide bonds. The molecule has 2 rings (SSSR count). The topological polar surface area (TPSA) is 43.4 Å². The number of nitrogens with zero attached hydrogens (tertiary/aromatic N) is 1. The van der Waals surface area contributed by atoms with Crippen LogP contribution in [0.25, 0.3) is 0 Å². The number of hydrogen-bond donors (Lipinski definition) is 1. The Morgan fingerprint density at radius 2 is 2.15 bits per heavy atom. The molecule has 4 nitrogen and oxygen atoms in total. The number of thiazole rings is 1. The smallest absolute Gasteiger partial charge is 0.119 e. The standard InChI is InChI=1S/C15H20N2O2S/c1-16-9-14-13(10-18-2)17-15(20-14)8-11-5-4-6-12(7-11)19-3/h4-7,16H,8-10H2,1-3H3. The molecule has 108 valence electrons. The lowest BCUT2D eigenvalue weighted by Gasteiger charge is -2.02. The van der Waals surface area contributed by atoms with Crippen LogP contribution < -0.4 is 10.1 Å². The molecule has 2 aromatic rings. The zero-order valence-electron chi connectivity index (χ0n) is 12.1. The molecule has 20 heavy (non-hydrogen) atoms. The largest absolute Gasteiger partial charge is 0.497 e. The Labute approximate surface area is 123 Å². The molecule has 0 fully saturated rings. The van der Waals surface area contributed by atoms with Gasteiger partial charge in [0.05, 0.1) is 24.4 Å². The van der Waals surface area contributed by atoms with Crippen LogP contribution in [0.4, 0.5) is 0 Å². The van der Waals surface area contributed by atoms with E-state index >= 15 is 0 Å². The number of rotatable bonds is 7. The highest BCUT2D eigenvalue weighted by Gasteiger charge is 2.11. The van der Waals surface area contributed by atoms with Gasteiger partial charge in [-0.15, -0.1) is 11.3 Å². The van der Waals surface area contributed by atoms with Gasteiger partial charge in [0.25, 0.3) is 0 Å². The molecule has 1 heterocycles.